The molecular weight excluding hydrogens is 442 g/mol. The molecule has 2 N–H and O–H groups in total. The molecule has 1 aliphatic carbocycles. The highest BCUT2D eigenvalue weighted by Crippen LogP contribution is 2.47. The Hall–Kier alpha value is -2.05. The quantitative estimate of drug-likeness (QED) is 0.579. The molecule has 0 aromatic carbocycles. The normalized spacial score (nSPS) is 35.2. The third-order valence-corrected chi connectivity index (χ3v) is 8.25. The molecule has 1 aromatic rings. The summed E-state index contributed by atoms with van der Waals surface area (Å²) >= 11 is 0. The Labute approximate surface area is 210 Å². The van der Waals surface area contributed by atoms with Crippen LogP contribution in [0.2, 0.25) is 0 Å². The number of ketones is 1. The molecule has 2 unspecified atom stereocenters. The number of aliphatic hydroxyl groups excluding tert-OH is 2. The van der Waals surface area contributed by atoms with Gasteiger partial charge in [0.05, 0.1) is 29.7 Å². The highest BCUT2D eigenvalue weighted by molar-refractivity contribution is 5.88. The van der Waals surface area contributed by atoms with Crippen LogP contribution in [-0.4, -0.2) is 45.3 Å². The Balaban J connectivity index is 1.82. The Morgan fingerprint density at radius 1 is 1.11 bits per heavy atom. The number of carbonyl (C=O) groups is 2. The van der Waals surface area contributed by atoms with Crippen molar-refractivity contribution in [1.82, 2.24) is 4.98 Å². The van der Waals surface area contributed by atoms with Crippen LogP contribution in [0.1, 0.15) is 84.4 Å². The smallest absolute Gasteiger partial charge is 0.309 e. The van der Waals surface area contributed by atoms with Crippen LogP contribution in [0.25, 0.3) is 6.08 Å². The molecule has 6 heteroatoms. The molecule has 0 amide bonds. The molecule has 2 heterocycles. The zero-order valence-electron chi connectivity index (χ0n) is 22.2. The molecule has 1 aliphatic heterocycles. The molecular formula is C29H43NO5. The van der Waals surface area contributed by atoms with Crippen molar-refractivity contribution in [3.63, 3.8) is 0 Å². The minimum atomic E-state index is -1.20. The van der Waals surface area contributed by atoms with E-state index in [2.05, 4.69) is 4.98 Å². The number of rotatable bonds is 2. The van der Waals surface area contributed by atoms with Crippen LogP contribution >= 0.6 is 0 Å². The zero-order chi connectivity index (χ0) is 25.9. The first-order valence-corrected chi connectivity index (χ1v) is 13.1. The van der Waals surface area contributed by atoms with Crippen molar-refractivity contribution >= 4 is 17.8 Å². The van der Waals surface area contributed by atoms with Gasteiger partial charge in [-0.05, 0) is 74.1 Å². The minimum absolute atomic E-state index is 0.00287. The second kappa shape index (κ2) is 11.3. The number of cyclic esters (lactones) is 1. The Bertz CT molecular complexity index is 922. The lowest BCUT2D eigenvalue weighted by molar-refractivity contribution is -0.154. The minimum Gasteiger partial charge on any atom is -0.458 e. The van der Waals surface area contributed by atoms with Crippen LogP contribution < -0.4 is 0 Å². The number of ether oxygens (including phenoxy) is 1. The van der Waals surface area contributed by atoms with E-state index in [0.717, 1.165) is 48.9 Å². The van der Waals surface area contributed by atoms with Gasteiger partial charge in [0.15, 0.2) is 0 Å². The lowest BCUT2D eigenvalue weighted by Crippen LogP contribution is -2.45. The molecule has 6 nitrogen and oxygen atoms in total. The molecule has 2 aliphatic rings. The number of carbonyl (C=O) groups excluding carboxylic acids is 2. The summed E-state index contributed by atoms with van der Waals surface area (Å²) in [5, 5.41) is 21.7. The standard InChI is InChI=1S/C29H43NO5/c1-17-10-11-23(30-16-17)12-19(3)24-14-22-13-21(22)9-7-8-18(2)27(33)20(4)28(34)29(5,6)25(31)15-26(32)35-24/h10-12,16,18,20-22,24-25,27,31,33H,7-9,13-15H2,1-6H3/b19-12+/t18-,20+,21?,22?,24-,25-,27-/m0/s1. The van der Waals surface area contributed by atoms with Crippen LogP contribution in [0.5, 0.6) is 0 Å². The van der Waals surface area contributed by atoms with Gasteiger partial charge in [0, 0.05) is 12.1 Å². The first kappa shape index (κ1) is 27.5. The molecule has 0 spiro atoms. The largest absolute Gasteiger partial charge is 0.458 e. The van der Waals surface area contributed by atoms with Crippen molar-refractivity contribution in [2.24, 2.45) is 29.1 Å². The number of Topliss-reactive ketones (excluding diaryl/α,β-unsaturated/α-hetero) is 1. The lowest BCUT2D eigenvalue weighted by Gasteiger charge is -2.34. The first-order valence-electron chi connectivity index (χ1n) is 13.1. The van der Waals surface area contributed by atoms with Crippen LogP contribution in [-0.2, 0) is 14.3 Å². The van der Waals surface area contributed by atoms with Gasteiger partial charge in [0.1, 0.15) is 11.9 Å². The SMILES string of the molecule is C/C(=C\c1ccc(C)cn1)[C@@H]1CC2CC2CCC[C@H](C)[C@H](O)[C@@H](C)C(=O)C(C)(C)[C@@H](O)CC(=O)O1. The third-order valence-electron chi connectivity index (χ3n) is 8.25. The van der Waals surface area contributed by atoms with Crippen LogP contribution in [0.4, 0.5) is 0 Å². The highest BCUT2D eigenvalue weighted by Gasteiger charge is 2.43. The highest BCUT2D eigenvalue weighted by atomic mass is 16.5. The fraction of sp³-hybridized carbons (Fsp3) is 0.690. The van der Waals surface area contributed by atoms with Gasteiger partial charge in [-0.25, -0.2) is 0 Å². The average Bonchev–Trinajstić information content (AvgIpc) is 3.55. The molecule has 3 rings (SSSR count). The number of aliphatic hydroxyl groups is 2. The van der Waals surface area contributed by atoms with E-state index in [1.54, 1.807) is 20.8 Å². The molecule has 7 atom stereocenters. The van der Waals surface area contributed by atoms with Crippen molar-refractivity contribution in [3.8, 4) is 0 Å². The van der Waals surface area contributed by atoms with E-state index in [1.807, 2.05) is 45.2 Å². The maximum absolute atomic E-state index is 13.2. The number of pyridine rings is 1. The third kappa shape index (κ3) is 7.01. The monoisotopic (exact) mass is 485 g/mol. The van der Waals surface area contributed by atoms with Crippen molar-refractivity contribution in [3.05, 3.63) is 35.2 Å². The van der Waals surface area contributed by atoms with Crippen molar-refractivity contribution < 1.29 is 24.5 Å². The van der Waals surface area contributed by atoms with E-state index in [0.29, 0.717) is 11.8 Å². The molecule has 194 valence electrons. The second-order valence-corrected chi connectivity index (χ2v) is 11.6. The van der Waals surface area contributed by atoms with Gasteiger partial charge in [-0.2, -0.15) is 0 Å². The number of aryl methyl sites for hydroxylation is 1. The predicted octanol–water partition coefficient (Wildman–Crippen LogP) is 4.89. The maximum Gasteiger partial charge on any atom is 0.309 e. The van der Waals surface area contributed by atoms with Crippen molar-refractivity contribution in [1.29, 1.82) is 0 Å². The Kier molecular flexibility index (Phi) is 8.92. The second-order valence-electron chi connectivity index (χ2n) is 11.6. The Morgan fingerprint density at radius 3 is 2.49 bits per heavy atom. The van der Waals surface area contributed by atoms with Crippen molar-refractivity contribution in [2.75, 3.05) is 0 Å². The fourth-order valence-corrected chi connectivity index (χ4v) is 5.34. The van der Waals surface area contributed by atoms with Gasteiger partial charge in [0.25, 0.3) is 0 Å². The van der Waals surface area contributed by atoms with E-state index in [9.17, 15) is 19.8 Å². The lowest BCUT2D eigenvalue weighted by atomic mass is 9.73. The molecule has 2 fully saturated rings. The molecule has 0 radical (unpaired) electrons. The van der Waals surface area contributed by atoms with E-state index < -0.39 is 29.5 Å². The van der Waals surface area contributed by atoms with Crippen LogP contribution in [0.3, 0.4) is 0 Å². The molecule has 1 aromatic heterocycles. The zero-order valence-corrected chi connectivity index (χ0v) is 22.2. The van der Waals surface area contributed by atoms with Gasteiger partial charge in [-0.3, -0.25) is 14.6 Å². The summed E-state index contributed by atoms with van der Waals surface area (Å²) in [6.45, 7) is 11.0. The summed E-state index contributed by atoms with van der Waals surface area (Å²) in [6.07, 6.45) is 5.96. The summed E-state index contributed by atoms with van der Waals surface area (Å²) in [4.78, 5) is 30.6. The van der Waals surface area contributed by atoms with Crippen LogP contribution in [0.15, 0.2) is 23.9 Å². The topological polar surface area (TPSA) is 96.7 Å². The first-order chi connectivity index (χ1) is 16.4. The summed E-state index contributed by atoms with van der Waals surface area (Å²) < 4.78 is 5.91. The van der Waals surface area contributed by atoms with E-state index in [4.69, 9.17) is 4.74 Å². The molecule has 35 heavy (non-hydrogen) atoms. The maximum atomic E-state index is 13.2. The molecule has 1 saturated carbocycles. The summed E-state index contributed by atoms with van der Waals surface area (Å²) in [7, 11) is 0. The van der Waals surface area contributed by atoms with Gasteiger partial charge < -0.3 is 14.9 Å². The van der Waals surface area contributed by atoms with Crippen molar-refractivity contribution in [2.45, 2.75) is 98.4 Å². The number of hydrogen-bond acceptors (Lipinski definition) is 6. The number of fused-ring (bicyclic) bond motifs is 1. The average molecular weight is 486 g/mol. The number of nitrogens with zero attached hydrogens (tertiary/aromatic N) is 1. The predicted molar refractivity (Wildman–Crippen MR) is 136 cm³/mol. The van der Waals surface area contributed by atoms with Gasteiger partial charge in [-0.15, -0.1) is 0 Å². The Morgan fingerprint density at radius 2 is 1.83 bits per heavy atom. The molecule has 1 saturated heterocycles. The summed E-state index contributed by atoms with van der Waals surface area (Å²) in [5.41, 5.74) is 1.65. The summed E-state index contributed by atoms with van der Waals surface area (Å²) in [5.74, 6) is -0.271. The summed E-state index contributed by atoms with van der Waals surface area (Å²) in [6, 6.07) is 3.95. The van der Waals surface area contributed by atoms with E-state index in [1.165, 1.54) is 0 Å². The number of aromatic nitrogens is 1. The van der Waals surface area contributed by atoms with E-state index in [-0.39, 0.29) is 24.2 Å². The number of esters is 1. The molecule has 0 bridgehead atoms. The van der Waals surface area contributed by atoms with Crippen LogP contribution in [0, 0.1) is 36.0 Å². The fourth-order valence-electron chi connectivity index (χ4n) is 5.34. The number of hydrogen-bond donors (Lipinski definition) is 2. The van der Waals surface area contributed by atoms with Gasteiger partial charge in [-0.1, -0.05) is 46.6 Å². The van der Waals surface area contributed by atoms with E-state index >= 15 is 0 Å². The van der Waals surface area contributed by atoms with Gasteiger partial charge >= 0.3 is 5.97 Å². The van der Waals surface area contributed by atoms with Gasteiger partial charge in [0.2, 0.25) is 0 Å².